The van der Waals surface area contributed by atoms with Gasteiger partial charge in [0.15, 0.2) is 0 Å². The number of ether oxygens (including phenoxy) is 1. The molecule has 0 saturated carbocycles. The summed E-state index contributed by atoms with van der Waals surface area (Å²) in [5, 5.41) is 8.80. The van der Waals surface area contributed by atoms with E-state index in [1.165, 1.54) is 12.3 Å². The molecule has 1 aliphatic heterocycles. The van der Waals surface area contributed by atoms with Gasteiger partial charge in [0.2, 0.25) is 0 Å². The molecular weight excluding hydrogens is 557 g/mol. The Bertz CT molecular complexity index is 1270. The first-order valence-corrected chi connectivity index (χ1v) is 12.4. The molecule has 0 spiro atoms. The molecule has 13 heteroatoms. The Labute approximate surface area is 234 Å². The Morgan fingerprint density at radius 2 is 1.77 bits per heavy atom. The standard InChI is InChI=1S/C27H28F5N5O2.ClH/c1-17(19-8-13-34-14-9-19)39-23-15-20(4-5-22(23)26(28,29)27(30,31)32)37-25(38)21-3-2-10-35-24(21)36-16-18-6-11-33-12-7-18;/h2-7,10-12,15,17,19,34H,8-9,13-14,16H2,1H3,(H,35,36)(H,37,38);1H. The lowest BCUT2D eigenvalue weighted by Crippen LogP contribution is -2.37. The number of amides is 1. The number of pyridine rings is 2. The van der Waals surface area contributed by atoms with E-state index in [2.05, 4.69) is 25.9 Å². The molecule has 216 valence electrons. The summed E-state index contributed by atoms with van der Waals surface area (Å²) in [5.74, 6) is -6.17. The molecule has 1 fully saturated rings. The van der Waals surface area contributed by atoms with Crippen LogP contribution in [0.2, 0.25) is 0 Å². The lowest BCUT2D eigenvalue weighted by Gasteiger charge is -2.30. The van der Waals surface area contributed by atoms with E-state index in [0.717, 1.165) is 17.7 Å². The second-order valence-corrected chi connectivity index (χ2v) is 9.26. The molecule has 1 atom stereocenters. The Morgan fingerprint density at radius 1 is 1.07 bits per heavy atom. The summed E-state index contributed by atoms with van der Waals surface area (Å²) in [4.78, 5) is 21.2. The Morgan fingerprint density at radius 3 is 2.45 bits per heavy atom. The summed E-state index contributed by atoms with van der Waals surface area (Å²) in [6.07, 6.45) is -0.311. The van der Waals surface area contributed by atoms with E-state index in [-0.39, 0.29) is 35.4 Å². The second kappa shape index (κ2) is 13.2. The zero-order valence-electron chi connectivity index (χ0n) is 21.5. The first kappa shape index (κ1) is 31.0. The van der Waals surface area contributed by atoms with Gasteiger partial charge in [-0.05, 0) is 80.7 Å². The number of nitrogens with one attached hydrogen (secondary N) is 3. The lowest BCUT2D eigenvalue weighted by molar-refractivity contribution is -0.289. The highest BCUT2D eigenvalue weighted by Gasteiger charge is 2.60. The van der Waals surface area contributed by atoms with Crippen molar-refractivity contribution in [2.75, 3.05) is 23.7 Å². The third kappa shape index (κ3) is 7.36. The number of piperidine rings is 1. The van der Waals surface area contributed by atoms with Gasteiger partial charge in [-0.25, -0.2) is 4.98 Å². The number of carbonyl (C=O) groups excluding carboxylic acids is 1. The van der Waals surface area contributed by atoms with Gasteiger partial charge in [-0.15, -0.1) is 12.4 Å². The van der Waals surface area contributed by atoms with Crippen LogP contribution in [-0.4, -0.2) is 41.2 Å². The number of rotatable bonds is 9. The normalized spacial score (nSPS) is 15.1. The average molecular weight is 586 g/mol. The summed E-state index contributed by atoms with van der Waals surface area (Å²) < 4.78 is 74.4. The molecule has 0 aliphatic carbocycles. The highest BCUT2D eigenvalue weighted by Crippen LogP contribution is 2.48. The van der Waals surface area contributed by atoms with Crippen LogP contribution in [0.5, 0.6) is 5.75 Å². The zero-order valence-corrected chi connectivity index (χ0v) is 22.3. The van der Waals surface area contributed by atoms with E-state index in [4.69, 9.17) is 4.74 Å². The second-order valence-electron chi connectivity index (χ2n) is 9.26. The van der Waals surface area contributed by atoms with E-state index in [1.54, 1.807) is 37.5 Å². The summed E-state index contributed by atoms with van der Waals surface area (Å²) >= 11 is 0. The van der Waals surface area contributed by atoms with Crippen LogP contribution >= 0.6 is 12.4 Å². The molecular formula is C27H29ClF5N5O2. The zero-order chi connectivity index (χ0) is 28.0. The fraction of sp³-hybridized carbons (Fsp3) is 0.370. The van der Waals surface area contributed by atoms with E-state index in [1.807, 2.05) is 0 Å². The van der Waals surface area contributed by atoms with Gasteiger partial charge in [0.25, 0.3) is 5.91 Å². The van der Waals surface area contributed by atoms with Crippen molar-refractivity contribution < 1.29 is 31.5 Å². The first-order chi connectivity index (χ1) is 18.6. The summed E-state index contributed by atoms with van der Waals surface area (Å²) in [6.45, 7) is 3.39. The highest BCUT2D eigenvalue weighted by molar-refractivity contribution is 6.07. The van der Waals surface area contributed by atoms with E-state index in [0.29, 0.717) is 38.5 Å². The maximum absolute atomic E-state index is 14.4. The van der Waals surface area contributed by atoms with Crippen LogP contribution in [0.3, 0.4) is 0 Å². The van der Waals surface area contributed by atoms with Crippen molar-refractivity contribution in [3.05, 3.63) is 77.7 Å². The molecule has 0 radical (unpaired) electrons. The van der Waals surface area contributed by atoms with Crippen molar-refractivity contribution >= 4 is 29.8 Å². The third-order valence-corrected chi connectivity index (χ3v) is 6.56. The van der Waals surface area contributed by atoms with Crippen molar-refractivity contribution in [3.63, 3.8) is 0 Å². The molecule has 4 rings (SSSR count). The van der Waals surface area contributed by atoms with Gasteiger partial charge in [0, 0.05) is 36.9 Å². The first-order valence-electron chi connectivity index (χ1n) is 12.4. The lowest BCUT2D eigenvalue weighted by atomic mass is 9.93. The van der Waals surface area contributed by atoms with Crippen LogP contribution in [0.15, 0.2) is 61.1 Å². The van der Waals surface area contributed by atoms with E-state index in [9.17, 15) is 26.7 Å². The van der Waals surface area contributed by atoms with Gasteiger partial charge in [-0.3, -0.25) is 9.78 Å². The smallest absolute Gasteiger partial charge is 0.458 e. The van der Waals surface area contributed by atoms with Crippen LogP contribution in [0.1, 0.15) is 41.3 Å². The van der Waals surface area contributed by atoms with Crippen molar-refractivity contribution in [1.82, 2.24) is 15.3 Å². The highest BCUT2D eigenvalue weighted by atomic mass is 35.5. The Hall–Kier alpha value is -3.51. The number of nitrogens with zero attached hydrogens (tertiary/aromatic N) is 2. The molecule has 1 amide bonds. The van der Waals surface area contributed by atoms with Crippen molar-refractivity contribution in [2.45, 2.75) is 44.5 Å². The van der Waals surface area contributed by atoms with Crippen LogP contribution in [-0.2, 0) is 12.5 Å². The monoisotopic (exact) mass is 585 g/mol. The molecule has 1 aromatic carbocycles. The molecule has 3 N–H and O–H groups in total. The number of benzene rings is 1. The number of carbonyl (C=O) groups is 1. The SMILES string of the molecule is CC(Oc1cc(NC(=O)c2cccnc2NCc2ccncc2)ccc1C(F)(F)C(F)(F)F)C1CCNCC1.Cl. The van der Waals surface area contributed by atoms with Gasteiger partial charge < -0.3 is 20.7 Å². The van der Waals surface area contributed by atoms with E-state index >= 15 is 0 Å². The molecule has 0 bridgehead atoms. The van der Waals surface area contributed by atoms with Gasteiger partial charge >= 0.3 is 12.1 Å². The van der Waals surface area contributed by atoms with Crippen LogP contribution in [0.25, 0.3) is 0 Å². The minimum atomic E-state index is -5.82. The fourth-order valence-corrected chi connectivity index (χ4v) is 4.33. The summed E-state index contributed by atoms with van der Waals surface area (Å²) in [6, 6.07) is 9.29. The topological polar surface area (TPSA) is 88.2 Å². The molecule has 3 aromatic rings. The molecule has 1 saturated heterocycles. The predicted octanol–water partition coefficient (Wildman–Crippen LogP) is 6.18. The van der Waals surface area contributed by atoms with Gasteiger partial charge in [0.1, 0.15) is 11.6 Å². The summed E-state index contributed by atoms with van der Waals surface area (Å²) in [5.41, 5.74) is -0.261. The predicted molar refractivity (Wildman–Crippen MR) is 143 cm³/mol. The number of halogens is 6. The number of anilines is 2. The van der Waals surface area contributed by atoms with E-state index < -0.39 is 35.4 Å². The van der Waals surface area contributed by atoms with Crippen molar-refractivity contribution in [3.8, 4) is 5.75 Å². The maximum Gasteiger partial charge on any atom is 0.458 e. The number of hydrogen-bond donors (Lipinski definition) is 3. The molecule has 3 heterocycles. The average Bonchev–Trinajstić information content (AvgIpc) is 2.92. The Kier molecular flexibility index (Phi) is 10.3. The number of aromatic nitrogens is 2. The van der Waals surface area contributed by atoms with Crippen LogP contribution in [0, 0.1) is 5.92 Å². The van der Waals surface area contributed by atoms with Gasteiger partial charge in [-0.1, -0.05) is 0 Å². The van der Waals surface area contributed by atoms with Crippen LogP contribution < -0.4 is 20.7 Å². The molecule has 2 aromatic heterocycles. The van der Waals surface area contributed by atoms with Gasteiger partial charge in [0.05, 0.1) is 17.2 Å². The largest absolute Gasteiger partial charge is 0.490 e. The molecule has 7 nitrogen and oxygen atoms in total. The maximum atomic E-state index is 14.4. The Balaban J connectivity index is 0.00000441. The quantitative estimate of drug-likeness (QED) is 0.260. The number of alkyl halides is 5. The molecule has 40 heavy (non-hydrogen) atoms. The van der Waals surface area contributed by atoms with Crippen molar-refractivity contribution in [2.24, 2.45) is 5.92 Å². The molecule has 1 unspecified atom stereocenters. The molecule has 1 aliphatic rings. The fourth-order valence-electron chi connectivity index (χ4n) is 4.33. The van der Waals surface area contributed by atoms with Crippen molar-refractivity contribution in [1.29, 1.82) is 0 Å². The minimum Gasteiger partial charge on any atom is -0.490 e. The van der Waals surface area contributed by atoms with Gasteiger partial charge in [-0.2, -0.15) is 22.0 Å². The third-order valence-electron chi connectivity index (χ3n) is 6.56. The minimum absolute atomic E-state index is 0. The summed E-state index contributed by atoms with van der Waals surface area (Å²) in [7, 11) is 0. The van der Waals surface area contributed by atoms with Crippen LogP contribution in [0.4, 0.5) is 33.5 Å². The number of hydrogen-bond acceptors (Lipinski definition) is 6.